The summed E-state index contributed by atoms with van der Waals surface area (Å²) in [7, 11) is -0.0732. The molecule has 0 aromatic carbocycles. The van der Waals surface area contributed by atoms with Crippen molar-refractivity contribution in [1.29, 1.82) is 0 Å². The molecular formula is C13H23P. The lowest BCUT2D eigenvalue weighted by Crippen LogP contribution is -1.96. The quantitative estimate of drug-likeness (QED) is 0.452. The largest absolute Gasteiger partial charge is 0.0958 e. The molecule has 0 fully saturated rings. The predicted molar refractivity (Wildman–Crippen MR) is 70.3 cm³/mol. The summed E-state index contributed by atoms with van der Waals surface area (Å²) in [5, 5.41) is 1.42. The summed E-state index contributed by atoms with van der Waals surface area (Å²) in [6, 6.07) is 0. The molecule has 0 radical (unpaired) electrons. The molecule has 1 heteroatoms. The van der Waals surface area contributed by atoms with Gasteiger partial charge in [0.05, 0.1) is 0 Å². The summed E-state index contributed by atoms with van der Waals surface area (Å²) in [5.74, 6) is 0.538. The summed E-state index contributed by atoms with van der Waals surface area (Å²) in [5.41, 5.74) is 2.48. The molecule has 0 aromatic rings. The van der Waals surface area contributed by atoms with Crippen molar-refractivity contribution in [3.05, 3.63) is 35.7 Å². The van der Waals surface area contributed by atoms with E-state index < -0.39 is 0 Å². The molecule has 0 aromatic heterocycles. The van der Waals surface area contributed by atoms with Crippen molar-refractivity contribution in [3.63, 3.8) is 0 Å². The average molecular weight is 210 g/mol. The minimum atomic E-state index is -0.0732. The molecule has 0 atom stereocenters. The molecule has 0 aliphatic carbocycles. The monoisotopic (exact) mass is 210 g/mol. The Labute approximate surface area is 90.5 Å². The molecular weight excluding hydrogens is 187 g/mol. The van der Waals surface area contributed by atoms with Crippen molar-refractivity contribution in [2.24, 2.45) is 5.92 Å². The Balaban J connectivity index is 4.86. The van der Waals surface area contributed by atoms with Gasteiger partial charge >= 0.3 is 0 Å². The van der Waals surface area contributed by atoms with Crippen LogP contribution in [0.3, 0.4) is 0 Å². The van der Waals surface area contributed by atoms with Crippen LogP contribution < -0.4 is 0 Å². The zero-order valence-electron chi connectivity index (χ0n) is 10.2. The number of rotatable bonds is 5. The second-order valence-electron chi connectivity index (χ2n) is 4.12. The van der Waals surface area contributed by atoms with Crippen LogP contribution in [0.5, 0.6) is 0 Å². The van der Waals surface area contributed by atoms with Crippen molar-refractivity contribution in [2.75, 3.05) is 13.3 Å². The van der Waals surface area contributed by atoms with E-state index in [4.69, 9.17) is 0 Å². The normalized spacial score (nSPS) is 12.4. The highest BCUT2D eigenvalue weighted by Gasteiger charge is 2.10. The van der Waals surface area contributed by atoms with Gasteiger partial charge in [-0.1, -0.05) is 53.5 Å². The summed E-state index contributed by atoms with van der Waals surface area (Å²) in [4.78, 5) is 0. The Morgan fingerprint density at radius 3 is 2.07 bits per heavy atom. The van der Waals surface area contributed by atoms with Crippen molar-refractivity contribution < 1.29 is 0 Å². The molecule has 0 N–H and O–H groups in total. The van der Waals surface area contributed by atoms with Gasteiger partial charge in [-0.15, -0.1) is 0 Å². The van der Waals surface area contributed by atoms with Gasteiger partial charge in [0.15, 0.2) is 0 Å². The minimum absolute atomic E-state index is 0.0732. The van der Waals surface area contributed by atoms with E-state index in [2.05, 4.69) is 53.3 Å². The first-order valence-electron chi connectivity index (χ1n) is 5.16. The van der Waals surface area contributed by atoms with E-state index in [9.17, 15) is 0 Å². The second kappa shape index (κ2) is 6.19. The fourth-order valence-electron chi connectivity index (χ4n) is 1.10. The standard InChI is InChI=1S/C13H23P/c1-8-11(4)9-13(14(6)7)12(5)10(2)3/h9-10H,4-5,8H2,1-3,6-7H3/b13-9+. The Kier molecular flexibility index (Phi) is 6.04. The molecule has 14 heavy (non-hydrogen) atoms. The van der Waals surface area contributed by atoms with Gasteiger partial charge < -0.3 is 0 Å². The van der Waals surface area contributed by atoms with Crippen LogP contribution in [0, 0.1) is 5.92 Å². The maximum absolute atomic E-state index is 4.17. The highest BCUT2D eigenvalue weighted by atomic mass is 31.1. The van der Waals surface area contributed by atoms with E-state index in [0.717, 1.165) is 6.42 Å². The van der Waals surface area contributed by atoms with Gasteiger partial charge in [0.25, 0.3) is 0 Å². The SMILES string of the molecule is C=C(/C=C(\C(=C)C(C)C)P(C)C)CC. The van der Waals surface area contributed by atoms with Crippen LogP contribution in [-0.4, -0.2) is 13.3 Å². The zero-order chi connectivity index (χ0) is 11.3. The summed E-state index contributed by atoms with van der Waals surface area (Å²) < 4.78 is 0. The van der Waals surface area contributed by atoms with E-state index in [1.54, 1.807) is 0 Å². The lowest BCUT2D eigenvalue weighted by atomic mass is 10.0. The van der Waals surface area contributed by atoms with Gasteiger partial charge in [-0.2, -0.15) is 0 Å². The highest BCUT2D eigenvalue weighted by molar-refractivity contribution is 7.60. The molecule has 0 saturated heterocycles. The molecule has 0 aliphatic heterocycles. The Morgan fingerprint density at radius 2 is 1.79 bits per heavy atom. The number of allylic oxidation sites excluding steroid dienone is 4. The molecule has 0 aliphatic rings. The molecule has 0 heterocycles. The molecule has 0 saturated carbocycles. The molecule has 0 unspecified atom stereocenters. The van der Waals surface area contributed by atoms with Crippen LogP contribution in [0.4, 0.5) is 0 Å². The maximum atomic E-state index is 4.17. The lowest BCUT2D eigenvalue weighted by Gasteiger charge is -2.18. The van der Waals surface area contributed by atoms with Crippen molar-refractivity contribution in [3.8, 4) is 0 Å². The van der Waals surface area contributed by atoms with Crippen LogP contribution in [0.2, 0.25) is 0 Å². The van der Waals surface area contributed by atoms with Crippen LogP contribution in [0.25, 0.3) is 0 Å². The van der Waals surface area contributed by atoms with Crippen LogP contribution in [0.1, 0.15) is 27.2 Å². The lowest BCUT2D eigenvalue weighted by molar-refractivity contribution is 0.791. The Hall–Kier alpha value is -0.350. The van der Waals surface area contributed by atoms with E-state index >= 15 is 0 Å². The van der Waals surface area contributed by atoms with E-state index in [-0.39, 0.29) is 7.92 Å². The van der Waals surface area contributed by atoms with Gasteiger partial charge in [-0.3, -0.25) is 0 Å². The smallest absolute Gasteiger partial charge is 0.0215 e. The van der Waals surface area contributed by atoms with Crippen LogP contribution in [0.15, 0.2) is 35.7 Å². The topological polar surface area (TPSA) is 0 Å². The van der Waals surface area contributed by atoms with Crippen molar-refractivity contribution in [2.45, 2.75) is 27.2 Å². The van der Waals surface area contributed by atoms with Crippen LogP contribution in [-0.2, 0) is 0 Å². The van der Waals surface area contributed by atoms with Crippen molar-refractivity contribution >= 4 is 7.92 Å². The first kappa shape index (κ1) is 13.7. The summed E-state index contributed by atoms with van der Waals surface area (Å²) >= 11 is 0. The summed E-state index contributed by atoms with van der Waals surface area (Å²) in [6.07, 6.45) is 3.26. The van der Waals surface area contributed by atoms with Gasteiger partial charge in [-0.05, 0) is 36.6 Å². The highest BCUT2D eigenvalue weighted by Crippen LogP contribution is 2.43. The number of hydrogen-bond donors (Lipinski definition) is 0. The first-order chi connectivity index (χ1) is 6.40. The van der Waals surface area contributed by atoms with Crippen LogP contribution >= 0.6 is 7.92 Å². The Morgan fingerprint density at radius 1 is 1.29 bits per heavy atom. The maximum Gasteiger partial charge on any atom is -0.0215 e. The summed E-state index contributed by atoms with van der Waals surface area (Å²) in [6.45, 7) is 19.3. The first-order valence-corrected chi connectivity index (χ1v) is 7.39. The molecule has 0 amide bonds. The predicted octanol–water partition coefficient (Wildman–Crippen LogP) is 4.79. The van der Waals surface area contributed by atoms with E-state index in [1.807, 2.05) is 0 Å². The zero-order valence-corrected chi connectivity index (χ0v) is 11.1. The molecule has 0 bridgehead atoms. The van der Waals surface area contributed by atoms with Gasteiger partial charge in [0.1, 0.15) is 0 Å². The fraction of sp³-hybridized carbons (Fsp3) is 0.538. The van der Waals surface area contributed by atoms with E-state index in [1.165, 1.54) is 16.5 Å². The van der Waals surface area contributed by atoms with E-state index in [0.29, 0.717) is 5.92 Å². The average Bonchev–Trinajstić information content (AvgIpc) is 2.11. The second-order valence-corrected chi connectivity index (χ2v) is 6.39. The molecule has 0 rings (SSSR count). The van der Waals surface area contributed by atoms with Crippen molar-refractivity contribution in [1.82, 2.24) is 0 Å². The van der Waals surface area contributed by atoms with Gasteiger partial charge in [0.2, 0.25) is 0 Å². The third kappa shape index (κ3) is 4.24. The van der Waals surface area contributed by atoms with Gasteiger partial charge in [0, 0.05) is 0 Å². The third-order valence-corrected chi connectivity index (χ3v) is 3.68. The Bertz CT molecular complexity index is 244. The number of hydrogen-bond acceptors (Lipinski definition) is 0. The molecule has 0 spiro atoms. The molecule has 80 valence electrons. The fourth-order valence-corrected chi connectivity index (χ4v) is 2.37. The third-order valence-electron chi connectivity index (χ3n) is 2.30. The minimum Gasteiger partial charge on any atom is -0.0958 e. The van der Waals surface area contributed by atoms with Gasteiger partial charge in [-0.25, -0.2) is 0 Å². The molecule has 0 nitrogen and oxygen atoms in total.